The number of nitrogens with one attached hydrogen (secondary N) is 1. The molecule has 0 unspecified atom stereocenters. The van der Waals surface area contributed by atoms with Gasteiger partial charge >= 0.3 is 5.97 Å². The Balaban J connectivity index is 2.47. The van der Waals surface area contributed by atoms with Gasteiger partial charge in [0.2, 0.25) is 0 Å². The molecule has 0 saturated heterocycles. The van der Waals surface area contributed by atoms with E-state index in [1.807, 2.05) is 6.26 Å². The molecule has 78 valence electrons. The molecule has 0 amide bonds. The Morgan fingerprint density at radius 1 is 1.79 bits per heavy atom. The minimum absolute atomic E-state index is 0.499. The predicted molar refractivity (Wildman–Crippen MR) is 56.8 cm³/mol. The van der Waals surface area contributed by atoms with Crippen LogP contribution in [0.5, 0.6) is 0 Å². The molecule has 1 aromatic rings. The van der Waals surface area contributed by atoms with Gasteiger partial charge in [0.1, 0.15) is 6.04 Å². The van der Waals surface area contributed by atoms with Crippen molar-refractivity contribution in [2.75, 3.05) is 17.3 Å². The number of hydrogen-bond acceptors (Lipinski definition) is 4. The van der Waals surface area contributed by atoms with Crippen molar-refractivity contribution in [2.24, 2.45) is 0 Å². The van der Waals surface area contributed by atoms with Crippen molar-refractivity contribution in [2.45, 2.75) is 12.5 Å². The summed E-state index contributed by atoms with van der Waals surface area (Å²) >= 11 is 1.63. The Hall–Kier alpha value is -1.10. The van der Waals surface area contributed by atoms with Gasteiger partial charge in [0.15, 0.2) is 5.88 Å². The fraction of sp³-hybridized carbons (Fsp3) is 0.444. The molecule has 1 rings (SSSR count). The van der Waals surface area contributed by atoms with E-state index in [0.717, 1.165) is 5.75 Å². The number of hydrogen-bond donors (Lipinski definition) is 2. The van der Waals surface area contributed by atoms with Gasteiger partial charge in [-0.1, -0.05) is 0 Å². The molecule has 5 heteroatoms. The smallest absolute Gasteiger partial charge is 0.326 e. The summed E-state index contributed by atoms with van der Waals surface area (Å²) in [6.07, 6.45) is 4.04. The topological polar surface area (TPSA) is 62.5 Å². The molecule has 0 fully saturated rings. The third kappa shape index (κ3) is 3.33. The van der Waals surface area contributed by atoms with Crippen LogP contribution in [0.25, 0.3) is 0 Å². The van der Waals surface area contributed by atoms with E-state index in [1.54, 1.807) is 23.9 Å². The minimum Gasteiger partial charge on any atom is -0.480 e. The lowest BCUT2D eigenvalue weighted by molar-refractivity contribution is -0.137. The van der Waals surface area contributed by atoms with Crippen molar-refractivity contribution in [3.8, 4) is 0 Å². The molecular weight excluding hydrogens is 202 g/mol. The van der Waals surface area contributed by atoms with E-state index < -0.39 is 12.0 Å². The minimum atomic E-state index is -0.851. The summed E-state index contributed by atoms with van der Waals surface area (Å²) in [6.45, 7) is 0. The lowest BCUT2D eigenvalue weighted by atomic mass is 10.2. The van der Waals surface area contributed by atoms with Crippen molar-refractivity contribution in [3.63, 3.8) is 0 Å². The van der Waals surface area contributed by atoms with Crippen LogP contribution in [0.1, 0.15) is 6.42 Å². The monoisotopic (exact) mass is 215 g/mol. The Labute approximate surface area is 86.7 Å². The van der Waals surface area contributed by atoms with E-state index in [1.165, 1.54) is 6.26 Å². The third-order valence-corrected chi connectivity index (χ3v) is 2.39. The SMILES string of the molecule is CSCC[C@H](Nc1ccco1)C(=O)O. The van der Waals surface area contributed by atoms with Crippen LogP contribution in [0, 0.1) is 0 Å². The maximum Gasteiger partial charge on any atom is 0.326 e. The average molecular weight is 215 g/mol. The summed E-state index contributed by atoms with van der Waals surface area (Å²) in [5.74, 6) is 0.457. The van der Waals surface area contributed by atoms with Crippen LogP contribution in [0.15, 0.2) is 22.8 Å². The number of carbonyl (C=O) groups is 1. The number of carboxylic acids is 1. The zero-order valence-corrected chi connectivity index (χ0v) is 8.71. The summed E-state index contributed by atoms with van der Waals surface area (Å²) < 4.78 is 5.01. The maximum atomic E-state index is 10.8. The van der Waals surface area contributed by atoms with Gasteiger partial charge in [-0.25, -0.2) is 4.79 Å². The number of carboxylic acid groups (broad SMARTS) is 1. The van der Waals surface area contributed by atoms with Crippen molar-refractivity contribution < 1.29 is 14.3 Å². The van der Waals surface area contributed by atoms with Gasteiger partial charge in [-0.15, -0.1) is 0 Å². The van der Waals surface area contributed by atoms with Crippen LogP contribution in [0.4, 0.5) is 5.88 Å². The average Bonchev–Trinajstić information content (AvgIpc) is 2.64. The van der Waals surface area contributed by atoms with Crippen LogP contribution in [0.2, 0.25) is 0 Å². The second-order valence-corrected chi connectivity index (χ2v) is 3.78. The van der Waals surface area contributed by atoms with E-state index >= 15 is 0 Å². The Kier molecular flexibility index (Phi) is 4.39. The summed E-state index contributed by atoms with van der Waals surface area (Å²) in [5, 5.41) is 11.7. The van der Waals surface area contributed by atoms with E-state index in [2.05, 4.69) is 5.32 Å². The fourth-order valence-electron chi connectivity index (χ4n) is 1.03. The molecule has 4 nitrogen and oxygen atoms in total. The highest BCUT2D eigenvalue weighted by atomic mass is 32.2. The molecule has 0 radical (unpaired) electrons. The number of furan rings is 1. The number of thioether (sulfide) groups is 1. The first-order valence-corrected chi connectivity index (χ1v) is 5.65. The van der Waals surface area contributed by atoms with E-state index in [4.69, 9.17) is 9.52 Å². The third-order valence-electron chi connectivity index (χ3n) is 1.75. The second-order valence-electron chi connectivity index (χ2n) is 2.79. The molecule has 0 spiro atoms. The van der Waals surface area contributed by atoms with Crippen LogP contribution >= 0.6 is 11.8 Å². The van der Waals surface area contributed by atoms with Crippen molar-refractivity contribution >= 4 is 23.6 Å². The lowest BCUT2D eigenvalue weighted by Crippen LogP contribution is -2.29. The Morgan fingerprint density at radius 3 is 3.07 bits per heavy atom. The molecule has 0 aliphatic heterocycles. The predicted octanol–water partition coefficient (Wildman–Crippen LogP) is 1.90. The molecule has 0 saturated carbocycles. The first-order valence-electron chi connectivity index (χ1n) is 4.26. The molecule has 2 N–H and O–H groups in total. The molecule has 0 aliphatic rings. The molecule has 1 atom stereocenters. The van der Waals surface area contributed by atoms with Crippen molar-refractivity contribution in [1.29, 1.82) is 0 Å². The number of aliphatic carboxylic acids is 1. The second kappa shape index (κ2) is 5.59. The highest BCUT2D eigenvalue weighted by molar-refractivity contribution is 7.98. The molecule has 1 heterocycles. The summed E-state index contributed by atoms with van der Waals surface area (Å²) in [5.41, 5.74) is 0. The first-order chi connectivity index (χ1) is 6.74. The molecular formula is C9H13NO3S. The summed E-state index contributed by atoms with van der Waals surface area (Å²) in [6, 6.07) is 2.85. The largest absolute Gasteiger partial charge is 0.480 e. The highest BCUT2D eigenvalue weighted by Crippen LogP contribution is 2.11. The van der Waals surface area contributed by atoms with E-state index in [-0.39, 0.29) is 0 Å². The van der Waals surface area contributed by atoms with Gasteiger partial charge < -0.3 is 14.8 Å². The Bertz CT molecular complexity index is 274. The van der Waals surface area contributed by atoms with Gasteiger partial charge in [-0.05, 0) is 24.5 Å². The van der Waals surface area contributed by atoms with Gasteiger partial charge in [0, 0.05) is 6.07 Å². The zero-order chi connectivity index (χ0) is 10.4. The van der Waals surface area contributed by atoms with Crippen LogP contribution < -0.4 is 5.32 Å². The zero-order valence-electron chi connectivity index (χ0n) is 7.90. The molecule has 0 aromatic carbocycles. The van der Waals surface area contributed by atoms with Crippen molar-refractivity contribution in [1.82, 2.24) is 0 Å². The van der Waals surface area contributed by atoms with E-state index in [0.29, 0.717) is 12.3 Å². The van der Waals surface area contributed by atoms with Crippen LogP contribution in [-0.4, -0.2) is 29.1 Å². The van der Waals surface area contributed by atoms with Gasteiger partial charge in [-0.2, -0.15) is 11.8 Å². The first kappa shape index (κ1) is 11.0. The fourth-order valence-corrected chi connectivity index (χ4v) is 1.50. The Morgan fingerprint density at radius 2 is 2.57 bits per heavy atom. The standard InChI is InChI=1S/C9H13NO3S/c1-14-6-4-7(9(11)12)10-8-3-2-5-13-8/h2-3,5,7,10H,4,6H2,1H3,(H,11,12)/t7-/m0/s1. The van der Waals surface area contributed by atoms with Gasteiger partial charge in [0.05, 0.1) is 6.26 Å². The van der Waals surface area contributed by atoms with Crippen LogP contribution in [-0.2, 0) is 4.79 Å². The van der Waals surface area contributed by atoms with Gasteiger partial charge in [0.25, 0.3) is 0 Å². The molecule has 0 bridgehead atoms. The normalized spacial score (nSPS) is 12.4. The molecule has 14 heavy (non-hydrogen) atoms. The highest BCUT2D eigenvalue weighted by Gasteiger charge is 2.17. The summed E-state index contributed by atoms with van der Waals surface area (Å²) in [4.78, 5) is 10.8. The van der Waals surface area contributed by atoms with E-state index in [9.17, 15) is 4.79 Å². The number of anilines is 1. The lowest BCUT2D eigenvalue weighted by Gasteiger charge is -2.12. The number of rotatable bonds is 6. The molecule has 1 aromatic heterocycles. The van der Waals surface area contributed by atoms with Crippen molar-refractivity contribution in [3.05, 3.63) is 18.4 Å². The van der Waals surface area contributed by atoms with Gasteiger partial charge in [-0.3, -0.25) is 0 Å². The summed E-state index contributed by atoms with van der Waals surface area (Å²) in [7, 11) is 0. The quantitative estimate of drug-likeness (QED) is 0.758. The van der Waals surface area contributed by atoms with Crippen LogP contribution in [0.3, 0.4) is 0 Å². The maximum absolute atomic E-state index is 10.8. The molecule has 0 aliphatic carbocycles.